The van der Waals surface area contributed by atoms with Crippen LogP contribution in [0.5, 0.6) is 5.75 Å². The van der Waals surface area contributed by atoms with Crippen molar-refractivity contribution >= 4 is 45.1 Å². The van der Waals surface area contributed by atoms with E-state index in [0.717, 1.165) is 6.07 Å². The lowest BCUT2D eigenvalue weighted by molar-refractivity contribution is -0.137. The Morgan fingerprint density at radius 3 is 2.81 bits per heavy atom. The predicted molar refractivity (Wildman–Crippen MR) is 61.9 cm³/mol. The molecule has 3 nitrogen and oxygen atoms in total. The fourth-order valence-corrected chi connectivity index (χ4v) is 1.67. The molecule has 0 saturated heterocycles. The molecule has 16 heavy (non-hydrogen) atoms. The van der Waals surface area contributed by atoms with Gasteiger partial charge in [0, 0.05) is 6.07 Å². The maximum Gasteiger partial charge on any atom is 0.325 e. The van der Waals surface area contributed by atoms with Crippen LogP contribution in [0.2, 0.25) is 5.02 Å². The summed E-state index contributed by atoms with van der Waals surface area (Å²) in [6.07, 6.45) is 0. The van der Waals surface area contributed by atoms with Crippen LogP contribution in [0.3, 0.4) is 0 Å². The first-order chi connectivity index (χ1) is 7.41. The first-order valence-electron chi connectivity index (χ1n) is 4.06. The third kappa shape index (κ3) is 3.50. The molecule has 0 radical (unpaired) electrons. The number of carbonyl (C=O) groups is 1. The molecule has 0 aliphatic heterocycles. The van der Waals surface area contributed by atoms with Crippen LogP contribution in [0.1, 0.15) is 0 Å². The summed E-state index contributed by atoms with van der Waals surface area (Å²) < 4.78 is 18.5. The third-order valence-electron chi connectivity index (χ3n) is 1.63. The molecule has 7 heteroatoms. The molecule has 0 aliphatic rings. The molecular formula is C9H6BrCl2FO3. The van der Waals surface area contributed by atoms with Crippen LogP contribution >= 0.6 is 39.1 Å². The van der Waals surface area contributed by atoms with E-state index in [1.165, 1.54) is 6.07 Å². The van der Waals surface area contributed by atoms with Crippen molar-refractivity contribution in [3.8, 4) is 5.75 Å². The quantitative estimate of drug-likeness (QED) is 0.680. The van der Waals surface area contributed by atoms with E-state index in [1.807, 2.05) is 0 Å². The second kappa shape index (κ2) is 5.70. The van der Waals surface area contributed by atoms with Crippen LogP contribution in [0.4, 0.5) is 4.39 Å². The highest BCUT2D eigenvalue weighted by Gasteiger charge is 2.16. The number of rotatable bonds is 4. The van der Waals surface area contributed by atoms with Gasteiger partial charge < -0.3 is 9.84 Å². The lowest BCUT2D eigenvalue weighted by Crippen LogP contribution is -2.21. The van der Waals surface area contributed by atoms with Crippen molar-refractivity contribution in [3.63, 3.8) is 0 Å². The van der Waals surface area contributed by atoms with Gasteiger partial charge in [-0.1, -0.05) is 11.6 Å². The minimum Gasteiger partial charge on any atom is -0.490 e. The zero-order chi connectivity index (χ0) is 12.3. The monoisotopic (exact) mass is 330 g/mol. The van der Waals surface area contributed by atoms with E-state index < -0.39 is 17.2 Å². The number of aliphatic carboxylic acids is 1. The Hall–Kier alpha value is -0.520. The minimum atomic E-state index is -1.20. The minimum absolute atomic E-state index is 0.0557. The summed E-state index contributed by atoms with van der Waals surface area (Å²) in [4.78, 5) is 10.4. The van der Waals surface area contributed by atoms with E-state index in [2.05, 4.69) is 15.9 Å². The van der Waals surface area contributed by atoms with Crippen molar-refractivity contribution in [1.29, 1.82) is 0 Å². The van der Waals surface area contributed by atoms with Gasteiger partial charge >= 0.3 is 5.97 Å². The van der Waals surface area contributed by atoms with Crippen LogP contribution in [0.15, 0.2) is 16.6 Å². The van der Waals surface area contributed by atoms with Gasteiger partial charge in [0.25, 0.3) is 0 Å². The second-order valence-corrected chi connectivity index (χ2v) is 4.60. The van der Waals surface area contributed by atoms with Crippen molar-refractivity contribution in [2.24, 2.45) is 0 Å². The predicted octanol–water partition coefficient (Wildman–Crippen LogP) is 3.31. The Balaban J connectivity index is 2.74. The van der Waals surface area contributed by atoms with Gasteiger partial charge in [-0.2, -0.15) is 0 Å². The number of hydrogen-bond donors (Lipinski definition) is 1. The first-order valence-corrected chi connectivity index (χ1v) is 5.66. The van der Waals surface area contributed by atoms with Crippen molar-refractivity contribution in [2.75, 3.05) is 6.61 Å². The lowest BCUT2D eigenvalue weighted by Gasteiger charge is -2.10. The van der Waals surface area contributed by atoms with E-state index >= 15 is 0 Å². The number of carboxylic acids is 1. The SMILES string of the molecule is O=C(O)C(Cl)COc1cc(F)c(Cl)cc1Br. The van der Waals surface area contributed by atoms with E-state index in [1.54, 1.807) is 0 Å². The Labute approximate surface area is 109 Å². The summed E-state index contributed by atoms with van der Waals surface area (Å²) in [6, 6.07) is 2.37. The number of carboxylic acid groups (broad SMARTS) is 1. The summed E-state index contributed by atoms with van der Waals surface area (Å²) in [6.45, 7) is -0.267. The lowest BCUT2D eigenvalue weighted by atomic mass is 10.3. The topological polar surface area (TPSA) is 46.5 Å². The molecule has 0 heterocycles. The molecule has 0 aliphatic carbocycles. The second-order valence-electron chi connectivity index (χ2n) is 2.81. The molecule has 1 unspecified atom stereocenters. The average Bonchev–Trinajstić information content (AvgIpc) is 2.20. The average molecular weight is 332 g/mol. The van der Waals surface area contributed by atoms with Gasteiger partial charge in [-0.05, 0) is 22.0 Å². The summed E-state index contributed by atoms with van der Waals surface area (Å²) in [5, 5.41) is 7.26. The molecular weight excluding hydrogens is 326 g/mol. The van der Waals surface area contributed by atoms with Gasteiger partial charge in [-0.3, -0.25) is 4.79 Å². The smallest absolute Gasteiger partial charge is 0.325 e. The highest BCUT2D eigenvalue weighted by Crippen LogP contribution is 2.30. The molecule has 0 saturated carbocycles. The van der Waals surface area contributed by atoms with Gasteiger partial charge in [-0.15, -0.1) is 11.6 Å². The fourth-order valence-electron chi connectivity index (χ4n) is 0.849. The molecule has 88 valence electrons. The van der Waals surface area contributed by atoms with Gasteiger partial charge in [0.15, 0.2) is 5.38 Å². The van der Waals surface area contributed by atoms with Crippen LogP contribution in [0, 0.1) is 5.82 Å². The molecule has 1 rings (SSSR count). The molecule has 1 atom stereocenters. The maximum absolute atomic E-state index is 13.1. The van der Waals surface area contributed by atoms with E-state index in [9.17, 15) is 9.18 Å². The van der Waals surface area contributed by atoms with Crippen LogP contribution in [-0.4, -0.2) is 23.1 Å². The first kappa shape index (κ1) is 13.5. The van der Waals surface area contributed by atoms with E-state index in [-0.39, 0.29) is 17.4 Å². The van der Waals surface area contributed by atoms with Crippen molar-refractivity contribution in [2.45, 2.75) is 5.38 Å². The standard InChI is InChI=1S/C9H6BrCl2FO3/c10-4-1-5(11)7(13)2-8(4)16-3-6(12)9(14)15/h1-2,6H,3H2,(H,14,15). The highest BCUT2D eigenvalue weighted by atomic mass is 79.9. The summed E-state index contributed by atoms with van der Waals surface area (Å²) in [5.74, 6) is -1.71. The molecule has 0 bridgehead atoms. The fraction of sp³-hybridized carbons (Fsp3) is 0.222. The largest absolute Gasteiger partial charge is 0.490 e. The van der Waals surface area contributed by atoms with Gasteiger partial charge in [0.2, 0.25) is 0 Å². The number of ether oxygens (including phenoxy) is 1. The number of benzene rings is 1. The normalized spacial score (nSPS) is 12.2. The van der Waals surface area contributed by atoms with Crippen LogP contribution in [0.25, 0.3) is 0 Å². The molecule has 0 aromatic heterocycles. The van der Waals surface area contributed by atoms with Crippen molar-refractivity contribution < 1.29 is 19.0 Å². The molecule has 1 aromatic carbocycles. The van der Waals surface area contributed by atoms with E-state index in [4.69, 9.17) is 33.0 Å². The molecule has 0 amide bonds. The zero-order valence-corrected chi connectivity index (χ0v) is 10.8. The van der Waals surface area contributed by atoms with Crippen LogP contribution in [-0.2, 0) is 4.79 Å². The number of alkyl halides is 1. The van der Waals surface area contributed by atoms with Crippen molar-refractivity contribution in [1.82, 2.24) is 0 Å². The third-order valence-corrected chi connectivity index (χ3v) is 2.85. The molecule has 0 fully saturated rings. The number of halogens is 4. The Morgan fingerprint density at radius 1 is 1.62 bits per heavy atom. The summed E-state index contributed by atoms with van der Waals surface area (Å²) in [5.41, 5.74) is 0. The number of hydrogen-bond acceptors (Lipinski definition) is 2. The maximum atomic E-state index is 13.1. The zero-order valence-electron chi connectivity index (χ0n) is 7.71. The summed E-state index contributed by atoms with van der Waals surface area (Å²) >= 11 is 14.0. The molecule has 1 N–H and O–H groups in total. The molecule has 0 spiro atoms. The van der Waals surface area contributed by atoms with E-state index in [0.29, 0.717) is 4.47 Å². The van der Waals surface area contributed by atoms with Crippen LogP contribution < -0.4 is 4.74 Å². The Bertz CT molecular complexity index is 414. The van der Waals surface area contributed by atoms with Gasteiger partial charge in [0.1, 0.15) is 18.2 Å². The Morgan fingerprint density at radius 2 is 2.25 bits per heavy atom. The van der Waals surface area contributed by atoms with Gasteiger partial charge in [0.05, 0.1) is 9.50 Å². The molecule has 1 aromatic rings. The highest BCUT2D eigenvalue weighted by molar-refractivity contribution is 9.10. The van der Waals surface area contributed by atoms with Crippen molar-refractivity contribution in [3.05, 3.63) is 27.4 Å². The Kier molecular flexibility index (Phi) is 4.83. The van der Waals surface area contributed by atoms with Gasteiger partial charge in [-0.25, -0.2) is 4.39 Å². The summed E-state index contributed by atoms with van der Waals surface area (Å²) in [7, 11) is 0.